The van der Waals surface area contributed by atoms with Gasteiger partial charge in [0.05, 0.1) is 0 Å². The lowest BCUT2D eigenvalue weighted by Crippen LogP contribution is -2.31. The number of aryl methyl sites for hydroxylation is 1. The molecule has 1 aromatic heterocycles. The fourth-order valence-corrected chi connectivity index (χ4v) is 2.39. The number of hydrogen-bond donors (Lipinski definition) is 1. The molecule has 0 bridgehead atoms. The molecule has 0 atom stereocenters. The molecule has 5 nitrogen and oxygen atoms in total. The normalized spacial score (nSPS) is 10.9. The number of carbonyl (C=O) groups is 1. The average Bonchev–Trinajstić information content (AvgIpc) is 2.47. The fourth-order valence-electron chi connectivity index (χ4n) is 2.39. The summed E-state index contributed by atoms with van der Waals surface area (Å²) in [6.07, 6.45) is 1.00. The van der Waals surface area contributed by atoms with Crippen LogP contribution in [0.5, 0.6) is 0 Å². The summed E-state index contributed by atoms with van der Waals surface area (Å²) >= 11 is 0. The minimum atomic E-state index is -0.917. The van der Waals surface area contributed by atoms with Crippen LogP contribution in [-0.2, 0) is 0 Å². The van der Waals surface area contributed by atoms with Crippen LogP contribution in [0.4, 0.5) is 5.82 Å². The number of carboxylic acid groups (broad SMARTS) is 1. The van der Waals surface area contributed by atoms with Crippen molar-refractivity contribution in [1.82, 2.24) is 9.88 Å². The monoisotopic (exact) mass is 293 g/mol. The molecule has 0 amide bonds. The number of aromatic nitrogens is 1. The first-order chi connectivity index (χ1) is 10.0. The second-order valence-corrected chi connectivity index (χ2v) is 5.09. The van der Waals surface area contributed by atoms with Crippen LogP contribution in [0.2, 0.25) is 0 Å². The van der Waals surface area contributed by atoms with Crippen LogP contribution in [0.3, 0.4) is 0 Å². The van der Waals surface area contributed by atoms with Crippen LogP contribution in [0.1, 0.15) is 43.2 Å². The second-order valence-electron chi connectivity index (χ2n) is 5.09. The zero-order valence-corrected chi connectivity index (χ0v) is 13.6. The standard InChI is InChI=1S/C16H27N3O2/c1-5-18(6-2)11-8-12-19(7-3)15-14(16(20)21)10-9-13(4)17-15/h9-10H,5-8,11-12H2,1-4H3,(H,20,21). The van der Waals surface area contributed by atoms with Crippen LogP contribution >= 0.6 is 0 Å². The van der Waals surface area contributed by atoms with Crippen molar-refractivity contribution in [3.8, 4) is 0 Å². The number of anilines is 1. The van der Waals surface area contributed by atoms with Crippen LogP contribution in [-0.4, -0.2) is 53.7 Å². The highest BCUT2D eigenvalue weighted by Gasteiger charge is 2.16. The van der Waals surface area contributed by atoms with Crippen molar-refractivity contribution >= 4 is 11.8 Å². The van der Waals surface area contributed by atoms with Crippen molar-refractivity contribution in [3.63, 3.8) is 0 Å². The Morgan fingerprint density at radius 2 is 1.81 bits per heavy atom. The number of carboxylic acids is 1. The molecule has 0 radical (unpaired) electrons. The van der Waals surface area contributed by atoms with Crippen molar-refractivity contribution < 1.29 is 9.90 Å². The second kappa shape index (κ2) is 8.62. The molecule has 1 N–H and O–H groups in total. The molecule has 0 spiro atoms. The molecule has 1 heterocycles. The molecule has 0 fully saturated rings. The third kappa shape index (κ3) is 5.01. The van der Waals surface area contributed by atoms with E-state index in [1.165, 1.54) is 0 Å². The molecule has 0 aliphatic carbocycles. The lowest BCUT2D eigenvalue weighted by atomic mass is 10.2. The Kier molecular flexibility index (Phi) is 7.15. The molecule has 21 heavy (non-hydrogen) atoms. The van der Waals surface area contributed by atoms with Crippen molar-refractivity contribution in [1.29, 1.82) is 0 Å². The van der Waals surface area contributed by atoms with E-state index in [0.29, 0.717) is 5.82 Å². The first-order valence-electron chi connectivity index (χ1n) is 7.71. The summed E-state index contributed by atoms with van der Waals surface area (Å²) in [4.78, 5) is 20.2. The number of pyridine rings is 1. The van der Waals surface area contributed by atoms with Crippen molar-refractivity contribution in [2.24, 2.45) is 0 Å². The van der Waals surface area contributed by atoms with Crippen LogP contribution in [0.15, 0.2) is 12.1 Å². The summed E-state index contributed by atoms with van der Waals surface area (Å²) in [5, 5.41) is 9.32. The summed E-state index contributed by atoms with van der Waals surface area (Å²) in [5.74, 6) is -0.329. The molecule has 0 aliphatic rings. The van der Waals surface area contributed by atoms with Crippen LogP contribution in [0.25, 0.3) is 0 Å². The third-order valence-corrected chi connectivity index (χ3v) is 3.72. The highest BCUT2D eigenvalue weighted by atomic mass is 16.4. The van der Waals surface area contributed by atoms with Gasteiger partial charge in [0.15, 0.2) is 0 Å². The Labute approximate surface area is 127 Å². The van der Waals surface area contributed by atoms with Crippen LogP contribution in [0, 0.1) is 6.92 Å². The first-order valence-corrected chi connectivity index (χ1v) is 7.71. The summed E-state index contributed by atoms with van der Waals surface area (Å²) in [6, 6.07) is 3.39. The van der Waals surface area contributed by atoms with E-state index in [1.54, 1.807) is 12.1 Å². The molecule has 0 saturated heterocycles. The number of hydrogen-bond acceptors (Lipinski definition) is 4. The molecule has 0 unspecified atom stereocenters. The number of rotatable bonds is 9. The van der Waals surface area contributed by atoms with E-state index < -0.39 is 5.97 Å². The minimum Gasteiger partial charge on any atom is -0.478 e. The largest absolute Gasteiger partial charge is 0.478 e. The Hall–Kier alpha value is -1.62. The Bertz CT molecular complexity index is 459. The zero-order valence-electron chi connectivity index (χ0n) is 13.6. The lowest BCUT2D eigenvalue weighted by Gasteiger charge is -2.25. The lowest BCUT2D eigenvalue weighted by molar-refractivity contribution is 0.0697. The van der Waals surface area contributed by atoms with Gasteiger partial charge in [0.1, 0.15) is 11.4 Å². The average molecular weight is 293 g/mol. The first kappa shape index (κ1) is 17.4. The predicted molar refractivity (Wildman–Crippen MR) is 86.2 cm³/mol. The summed E-state index contributed by atoms with van der Waals surface area (Å²) in [6.45, 7) is 12.9. The maximum Gasteiger partial charge on any atom is 0.339 e. The third-order valence-electron chi connectivity index (χ3n) is 3.72. The molecule has 0 saturated carbocycles. The predicted octanol–water partition coefficient (Wildman–Crippen LogP) is 2.65. The van der Waals surface area contributed by atoms with Gasteiger partial charge in [-0.3, -0.25) is 0 Å². The van der Waals surface area contributed by atoms with Crippen molar-refractivity contribution in [2.45, 2.75) is 34.1 Å². The number of nitrogens with zero attached hydrogens (tertiary/aromatic N) is 3. The van der Waals surface area contributed by atoms with Crippen LogP contribution < -0.4 is 4.90 Å². The highest BCUT2D eigenvalue weighted by Crippen LogP contribution is 2.19. The van der Waals surface area contributed by atoms with Crippen molar-refractivity contribution in [2.75, 3.05) is 37.6 Å². The summed E-state index contributed by atoms with van der Waals surface area (Å²) in [5.41, 5.74) is 1.13. The van der Waals surface area contributed by atoms with E-state index >= 15 is 0 Å². The maximum atomic E-state index is 11.4. The fraction of sp³-hybridized carbons (Fsp3) is 0.625. The Morgan fingerprint density at radius 1 is 1.14 bits per heavy atom. The Morgan fingerprint density at radius 3 is 2.33 bits per heavy atom. The highest BCUT2D eigenvalue weighted by molar-refractivity contribution is 5.93. The number of aromatic carboxylic acids is 1. The van der Waals surface area contributed by atoms with Gasteiger partial charge in [0.2, 0.25) is 0 Å². The van der Waals surface area contributed by atoms with E-state index in [2.05, 4.69) is 28.6 Å². The topological polar surface area (TPSA) is 56.7 Å². The molecule has 1 aromatic rings. The smallest absolute Gasteiger partial charge is 0.339 e. The van der Waals surface area contributed by atoms with E-state index in [4.69, 9.17) is 0 Å². The quantitative estimate of drug-likeness (QED) is 0.758. The van der Waals surface area contributed by atoms with E-state index in [9.17, 15) is 9.90 Å². The van der Waals surface area contributed by atoms with Gasteiger partial charge < -0.3 is 14.9 Å². The van der Waals surface area contributed by atoms with Gasteiger partial charge in [-0.2, -0.15) is 0 Å². The molecular formula is C16H27N3O2. The van der Waals surface area contributed by atoms with Gasteiger partial charge in [0.25, 0.3) is 0 Å². The SMILES string of the molecule is CCN(CC)CCCN(CC)c1nc(C)ccc1C(=O)O. The van der Waals surface area contributed by atoms with Gasteiger partial charge in [-0.05, 0) is 52.0 Å². The maximum absolute atomic E-state index is 11.4. The van der Waals surface area contributed by atoms with Gasteiger partial charge in [0, 0.05) is 18.8 Å². The summed E-state index contributed by atoms with van der Waals surface area (Å²) in [7, 11) is 0. The molecule has 118 valence electrons. The minimum absolute atomic E-state index is 0.283. The summed E-state index contributed by atoms with van der Waals surface area (Å²) < 4.78 is 0. The van der Waals surface area contributed by atoms with Gasteiger partial charge in [-0.25, -0.2) is 9.78 Å². The van der Waals surface area contributed by atoms with Crippen molar-refractivity contribution in [3.05, 3.63) is 23.4 Å². The zero-order chi connectivity index (χ0) is 15.8. The Balaban J connectivity index is 2.80. The molecule has 0 aliphatic heterocycles. The van der Waals surface area contributed by atoms with Gasteiger partial charge >= 0.3 is 5.97 Å². The molecular weight excluding hydrogens is 266 g/mol. The van der Waals surface area contributed by atoms with E-state index in [1.807, 2.05) is 13.8 Å². The van der Waals surface area contributed by atoms with E-state index in [-0.39, 0.29) is 5.56 Å². The molecule has 0 aromatic carbocycles. The van der Waals surface area contributed by atoms with Gasteiger partial charge in [-0.15, -0.1) is 0 Å². The van der Waals surface area contributed by atoms with E-state index in [0.717, 1.165) is 44.8 Å². The molecule has 5 heteroatoms. The molecule has 1 rings (SSSR count). The van der Waals surface area contributed by atoms with Gasteiger partial charge in [-0.1, -0.05) is 13.8 Å².